The van der Waals surface area contributed by atoms with Gasteiger partial charge < -0.3 is 20.3 Å². The molecule has 1 aliphatic heterocycles. The fraction of sp³-hybridized carbons (Fsp3) is 0.345. The maximum absolute atomic E-state index is 13.7. The Morgan fingerprint density at radius 1 is 1.21 bits per heavy atom. The first-order valence-electron chi connectivity index (χ1n) is 12.9. The second-order valence-corrected chi connectivity index (χ2v) is 10.4. The van der Waals surface area contributed by atoms with Crippen LogP contribution in [-0.4, -0.2) is 52.5 Å². The topological polar surface area (TPSA) is 83.8 Å². The summed E-state index contributed by atoms with van der Waals surface area (Å²) in [5.74, 6) is 0.664. The van der Waals surface area contributed by atoms with Crippen LogP contribution in [0.15, 0.2) is 48.8 Å². The molecule has 2 N–H and O–H groups in total. The Morgan fingerprint density at radius 2 is 2.08 bits per heavy atom. The number of fused-ring (bicyclic) bond motifs is 2. The van der Waals surface area contributed by atoms with Crippen molar-refractivity contribution >= 4 is 23.1 Å². The summed E-state index contributed by atoms with van der Waals surface area (Å²) in [5.41, 5.74) is 6.70. The van der Waals surface area contributed by atoms with Crippen molar-refractivity contribution in [3.05, 3.63) is 77.0 Å². The maximum atomic E-state index is 13.7. The zero-order valence-electron chi connectivity index (χ0n) is 21.8. The number of rotatable bonds is 7. The fourth-order valence-corrected chi connectivity index (χ4v) is 5.80. The van der Waals surface area contributed by atoms with E-state index >= 15 is 0 Å². The number of methoxy groups -OCH3 is 1. The number of nitrogens with zero attached hydrogens (tertiary/aromatic N) is 4. The monoisotopic (exact) mass is 514 g/mol. The van der Waals surface area contributed by atoms with Crippen molar-refractivity contribution < 1.29 is 13.9 Å². The second-order valence-electron chi connectivity index (χ2n) is 10.4. The molecule has 0 bridgehead atoms. The van der Waals surface area contributed by atoms with Gasteiger partial charge in [0.2, 0.25) is 0 Å². The molecule has 8 nitrogen and oxygen atoms in total. The molecule has 9 heteroatoms. The van der Waals surface area contributed by atoms with Gasteiger partial charge in [0.15, 0.2) is 0 Å². The molecule has 1 saturated carbocycles. The number of carbonyl (C=O) groups is 1. The number of hydrogen-bond donors (Lipinski definition) is 2. The van der Waals surface area contributed by atoms with Crippen LogP contribution in [0.25, 0.3) is 16.9 Å². The lowest BCUT2D eigenvalue weighted by molar-refractivity contribution is 0.0966. The molecular formula is C29H31FN6O2. The number of pyridine rings is 2. The highest BCUT2D eigenvalue weighted by molar-refractivity contribution is 6.06. The molecule has 2 atom stereocenters. The molecule has 0 saturated heterocycles. The molecule has 4 aromatic rings. The van der Waals surface area contributed by atoms with E-state index in [1.165, 1.54) is 17.7 Å². The zero-order valence-corrected chi connectivity index (χ0v) is 21.8. The summed E-state index contributed by atoms with van der Waals surface area (Å²) < 4.78 is 21.1. The summed E-state index contributed by atoms with van der Waals surface area (Å²) >= 11 is 0. The number of nitrogens with one attached hydrogen (secondary N) is 2. The Bertz CT molecular complexity index is 1530. The van der Waals surface area contributed by atoms with Crippen LogP contribution < -0.4 is 10.6 Å². The Morgan fingerprint density at radius 3 is 2.87 bits per heavy atom. The first-order chi connectivity index (χ1) is 18.4. The Hall–Kier alpha value is -3.82. The molecule has 1 fully saturated rings. The van der Waals surface area contributed by atoms with Crippen LogP contribution in [0.3, 0.4) is 0 Å². The number of imidazole rings is 1. The summed E-state index contributed by atoms with van der Waals surface area (Å²) in [4.78, 5) is 24.4. The SMILES string of the molecule is CO[C@@H]1CC[C@@H](c2ccc(Nc3ccc(-c4cnc5cc(F)ccn45)c4c3C(=O)NC4)nc2CN(C)C)C1. The van der Waals surface area contributed by atoms with Crippen LogP contribution in [0.4, 0.5) is 15.9 Å². The average Bonchev–Trinajstić information content (AvgIpc) is 3.63. The number of carbonyl (C=O) groups excluding carboxylic acids is 1. The molecule has 38 heavy (non-hydrogen) atoms. The van der Waals surface area contributed by atoms with Gasteiger partial charge in [-0.3, -0.25) is 9.20 Å². The zero-order chi connectivity index (χ0) is 26.4. The highest BCUT2D eigenvalue weighted by Gasteiger charge is 2.29. The smallest absolute Gasteiger partial charge is 0.254 e. The predicted octanol–water partition coefficient (Wildman–Crippen LogP) is 4.87. The number of amides is 1. The second kappa shape index (κ2) is 9.81. The van der Waals surface area contributed by atoms with Gasteiger partial charge in [0.1, 0.15) is 17.3 Å². The first-order valence-corrected chi connectivity index (χ1v) is 12.9. The Labute approximate surface area is 220 Å². The summed E-state index contributed by atoms with van der Waals surface area (Å²) in [6.07, 6.45) is 6.85. The van der Waals surface area contributed by atoms with Gasteiger partial charge in [0, 0.05) is 38.0 Å². The van der Waals surface area contributed by atoms with Crippen LogP contribution >= 0.6 is 0 Å². The third kappa shape index (κ3) is 4.41. The number of aromatic nitrogens is 3. The molecule has 2 aliphatic rings. The van der Waals surface area contributed by atoms with Crippen molar-refractivity contribution in [2.45, 2.75) is 44.4 Å². The van der Waals surface area contributed by atoms with Gasteiger partial charge in [-0.05, 0) is 68.6 Å². The standard InChI is InChI=1S/C29H31FN6O2/c1-35(2)16-24-20(17-4-5-19(12-17)38-3)7-9-26(34-24)33-23-8-6-21(22-14-32-29(37)28(22)23)25-15-31-27-13-18(30)10-11-36(25)27/h6-11,13,15,17,19H,4-5,12,14,16H2,1-3H3,(H,32,37)(H,33,34)/t17-,19-/m1/s1. The van der Waals surface area contributed by atoms with Gasteiger partial charge in [-0.25, -0.2) is 14.4 Å². The van der Waals surface area contributed by atoms with Crippen LogP contribution in [0, 0.1) is 5.82 Å². The van der Waals surface area contributed by atoms with Crippen LogP contribution in [0.2, 0.25) is 0 Å². The van der Waals surface area contributed by atoms with E-state index in [4.69, 9.17) is 9.72 Å². The lowest BCUT2D eigenvalue weighted by atomic mass is 9.95. The van der Waals surface area contributed by atoms with Gasteiger partial charge in [0.25, 0.3) is 5.91 Å². The molecular weight excluding hydrogens is 483 g/mol. The van der Waals surface area contributed by atoms with Crippen molar-refractivity contribution in [2.24, 2.45) is 0 Å². The molecule has 3 aromatic heterocycles. The minimum absolute atomic E-state index is 0.133. The van der Waals surface area contributed by atoms with Crippen molar-refractivity contribution in [3.8, 4) is 11.3 Å². The summed E-state index contributed by atoms with van der Waals surface area (Å²) in [6, 6.07) is 10.9. The molecule has 6 rings (SSSR count). The van der Waals surface area contributed by atoms with Gasteiger partial charge >= 0.3 is 0 Å². The van der Waals surface area contributed by atoms with E-state index in [1.807, 2.05) is 36.7 Å². The number of hydrogen-bond acceptors (Lipinski definition) is 6. The van der Waals surface area contributed by atoms with E-state index in [-0.39, 0.29) is 11.7 Å². The van der Waals surface area contributed by atoms with E-state index in [9.17, 15) is 9.18 Å². The normalized spacial score (nSPS) is 18.8. The quantitative estimate of drug-likeness (QED) is 0.366. The van der Waals surface area contributed by atoms with Gasteiger partial charge in [0.05, 0.1) is 34.9 Å². The Balaban J connectivity index is 1.35. The molecule has 1 aromatic carbocycles. The molecule has 1 amide bonds. The highest BCUT2D eigenvalue weighted by Crippen LogP contribution is 2.39. The van der Waals surface area contributed by atoms with E-state index < -0.39 is 0 Å². The van der Waals surface area contributed by atoms with E-state index in [0.29, 0.717) is 41.3 Å². The third-order valence-corrected chi connectivity index (χ3v) is 7.61. The summed E-state index contributed by atoms with van der Waals surface area (Å²) in [7, 11) is 5.87. The number of anilines is 2. The molecule has 0 unspecified atom stereocenters. The lowest BCUT2D eigenvalue weighted by Gasteiger charge is -2.20. The van der Waals surface area contributed by atoms with Crippen molar-refractivity contribution in [1.29, 1.82) is 0 Å². The van der Waals surface area contributed by atoms with E-state index in [1.54, 1.807) is 19.5 Å². The predicted molar refractivity (Wildman–Crippen MR) is 144 cm³/mol. The lowest BCUT2D eigenvalue weighted by Crippen LogP contribution is -2.16. The number of halogens is 1. The van der Waals surface area contributed by atoms with Crippen molar-refractivity contribution in [2.75, 3.05) is 26.5 Å². The third-order valence-electron chi connectivity index (χ3n) is 7.61. The van der Waals surface area contributed by atoms with Crippen LogP contribution in [-0.2, 0) is 17.8 Å². The van der Waals surface area contributed by atoms with Crippen LogP contribution in [0.1, 0.15) is 52.4 Å². The summed E-state index contributed by atoms with van der Waals surface area (Å²) in [5, 5.41) is 6.37. The minimum atomic E-state index is -0.338. The number of benzene rings is 1. The van der Waals surface area contributed by atoms with Gasteiger partial charge in [-0.15, -0.1) is 0 Å². The minimum Gasteiger partial charge on any atom is -0.381 e. The molecule has 4 heterocycles. The molecule has 1 aliphatic carbocycles. The van der Waals surface area contributed by atoms with Crippen LogP contribution in [0.5, 0.6) is 0 Å². The maximum Gasteiger partial charge on any atom is 0.254 e. The molecule has 196 valence electrons. The largest absolute Gasteiger partial charge is 0.381 e. The van der Waals surface area contributed by atoms with Crippen molar-refractivity contribution in [1.82, 2.24) is 24.6 Å². The number of ether oxygens (including phenoxy) is 1. The van der Waals surface area contributed by atoms with Gasteiger partial charge in [-0.1, -0.05) is 12.1 Å². The van der Waals surface area contributed by atoms with E-state index in [2.05, 4.69) is 26.6 Å². The van der Waals surface area contributed by atoms with Crippen molar-refractivity contribution in [3.63, 3.8) is 0 Å². The summed E-state index contributed by atoms with van der Waals surface area (Å²) in [6.45, 7) is 1.14. The first kappa shape index (κ1) is 24.5. The Kier molecular flexibility index (Phi) is 6.33. The van der Waals surface area contributed by atoms with Gasteiger partial charge in [-0.2, -0.15) is 0 Å². The molecule has 0 spiro atoms. The highest BCUT2D eigenvalue weighted by atomic mass is 19.1. The fourth-order valence-electron chi connectivity index (χ4n) is 5.80. The molecule has 0 radical (unpaired) electrons. The van der Waals surface area contributed by atoms with E-state index in [0.717, 1.165) is 48.3 Å². The average molecular weight is 515 g/mol.